The van der Waals surface area contributed by atoms with Crippen LogP contribution in [0.3, 0.4) is 0 Å². The van der Waals surface area contributed by atoms with Crippen molar-refractivity contribution in [3.8, 4) is 0 Å². The number of nitrogens with zero attached hydrogens (tertiary/aromatic N) is 2. The van der Waals surface area contributed by atoms with Gasteiger partial charge in [0, 0.05) is 12.6 Å². The lowest BCUT2D eigenvalue weighted by atomic mass is 10.2. The molecule has 1 aromatic heterocycles. The third-order valence-electron chi connectivity index (χ3n) is 3.25. The van der Waals surface area contributed by atoms with Crippen LogP contribution >= 0.6 is 0 Å². The minimum absolute atomic E-state index is 0.115. The molecule has 0 radical (unpaired) electrons. The van der Waals surface area contributed by atoms with E-state index < -0.39 is 5.97 Å². The van der Waals surface area contributed by atoms with E-state index in [0.29, 0.717) is 24.1 Å². The third-order valence-corrected chi connectivity index (χ3v) is 3.25. The maximum atomic E-state index is 11.1. The molecule has 0 saturated carbocycles. The molecule has 0 saturated heterocycles. The highest BCUT2D eigenvalue weighted by Gasteiger charge is 2.11. The molecule has 0 amide bonds. The van der Waals surface area contributed by atoms with E-state index in [4.69, 9.17) is 10.8 Å². The van der Waals surface area contributed by atoms with E-state index in [1.54, 1.807) is 0 Å². The van der Waals surface area contributed by atoms with Gasteiger partial charge in [0.1, 0.15) is 11.4 Å². The molecule has 0 spiro atoms. The van der Waals surface area contributed by atoms with Gasteiger partial charge in [-0.25, -0.2) is 9.78 Å². The number of aromatic carboxylic acids is 1. The Morgan fingerprint density at radius 3 is 2.80 bits per heavy atom. The average molecular weight is 280 g/mol. The van der Waals surface area contributed by atoms with E-state index in [-0.39, 0.29) is 5.56 Å². The Labute approximate surface area is 120 Å². The number of nitrogens with two attached hydrogens (primary N) is 1. The Kier molecular flexibility index (Phi) is 6.24. The van der Waals surface area contributed by atoms with Crippen molar-refractivity contribution < 1.29 is 9.90 Å². The summed E-state index contributed by atoms with van der Waals surface area (Å²) >= 11 is 0. The fraction of sp³-hybridized carbons (Fsp3) is 0.571. The largest absolute Gasteiger partial charge is 0.478 e. The number of rotatable bonds is 8. The first-order valence-electron chi connectivity index (χ1n) is 6.84. The van der Waals surface area contributed by atoms with Gasteiger partial charge in [0.05, 0.1) is 11.9 Å². The lowest BCUT2D eigenvalue weighted by Gasteiger charge is -2.20. The van der Waals surface area contributed by atoms with E-state index in [1.165, 1.54) is 12.3 Å². The van der Waals surface area contributed by atoms with E-state index >= 15 is 0 Å². The standard InChI is InChI=1S/C14H24N4O2/c1-10(2)18(3)7-5-4-6-16-13-12(14(19)20)8-11(15)9-17-13/h8-10H,4-7,15H2,1-3H3,(H,16,17)(H,19,20). The zero-order chi connectivity index (χ0) is 15.1. The van der Waals surface area contributed by atoms with Crippen LogP contribution in [0.25, 0.3) is 0 Å². The number of aromatic nitrogens is 1. The van der Waals surface area contributed by atoms with Gasteiger partial charge in [-0.3, -0.25) is 0 Å². The summed E-state index contributed by atoms with van der Waals surface area (Å²) in [5.74, 6) is -0.643. The monoisotopic (exact) mass is 280 g/mol. The fourth-order valence-corrected chi connectivity index (χ4v) is 1.74. The molecule has 0 atom stereocenters. The second-order valence-electron chi connectivity index (χ2n) is 5.18. The van der Waals surface area contributed by atoms with Crippen molar-refractivity contribution in [1.29, 1.82) is 0 Å². The summed E-state index contributed by atoms with van der Waals surface area (Å²) in [5.41, 5.74) is 6.01. The number of hydrogen-bond donors (Lipinski definition) is 3. The molecule has 6 nitrogen and oxygen atoms in total. The van der Waals surface area contributed by atoms with Crippen molar-refractivity contribution in [3.05, 3.63) is 17.8 Å². The van der Waals surface area contributed by atoms with Crippen molar-refractivity contribution in [2.75, 3.05) is 31.2 Å². The predicted molar refractivity (Wildman–Crippen MR) is 81.1 cm³/mol. The van der Waals surface area contributed by atoms with Crippen LogP contribution in [0.15, 0.2) is 12.3 Å². The summed E-state index contributed by atoms with van der Waals surface area (Å²) in [4.78, 5) is 17.4. The Balaban J connectivity index is 2.41. The van der Waals surface area contributed by atoms with Crippen LogP contribution in [0.1, 0.15) is 37.0 Å². The molecule has 1 rings (SSSR count). The summed E-state index contributed by atoms with van der Waals surface area (Å²) in [7, 11) is 2.10. The molecular weight excluding hydrogens is 256 g/mol. The average Bonchev–Trinajstić information content (AvgIpc) is 2.39. The van der Waals surface area contributed by atoms with Crippen molar-refractivity contribution >= 4 is 17.5 Å². The van der Waals surface area contributed by atoms with Crippen LogP contribution in [0.5, 0.6) is 0 Å². The molecule has 0 fully saturated rings. The summed E-state index contributed by atoms with van der Waals surface area (Å²) in [6, 6.07) is 1.96. The molecule has 0 aliphatic carbocycles. The Hall–Kier alpha value is -1.82. The van der Waals surface area contributed by atoms with Crippen LogP contribution in [0.2, 0.25) is 0 Å². The van der Waals surface area contributed by atoms with Gasteiger partial charge in [0.2, 0.25) is 0 Å². The van der Waals surface area contributed by atoms with Crippen LogP contribution in [0, 0.1) is 0 Å². The van der Waals surface area contributed by atoms with Crippen LogP contribution in [-0.4, -0.2) is 47.1 Å². The first kappa shape index (κ1) is 16.2. The third kappa shape index (κ3) is 5.05. The van der Waals surface area contributed by atoms with E-state index in [2.05, 4.69) is 36.1 Å². The van der Waals surface area contributed by atoms with Gasteiger partial charge < -0.3 is 21.1 Å². The van der Waals surface area contributed by atoms with Crippen molar-refractivity contribution in [1.82, 2.24) is 9.88 Å². The molecule has 112 valence electrons. The topological polar surface area (TPSA) is 91.5 Å². The predicted octanol–water partition coefficient (Wildman–Crippen LogP) is 1.89. The molecule has 0 unspecified atom stereocenters. The van der Waals surface area contributed by atoms with Crippen LogP contribution < -0.4 is 11.1 Å². The number of unbranched alkanes of at least 4 members (excludes halogenated alkanes) is 1. The minimum atomic E-state index is -1.02. The summed E-state index contributed by atoms with van der Waals surface area (Å²) in [5, 5.41) is 12.1. The first-order valence-corrected chi connectivity index (χ1v) is 6.84. The Morgan fingerprint density at radius 1 is 1.50 bits per heavy atom. The number of hydrogen-bond acceptors (Lipinski definition) is 5. The van der Waals surface area contributed by atoms with E-state index in [1.807, 2.05) is 0 Å². The highest BCUT2D eigenvalue weighted by molar-refractivity contribution is 5.94. The molecular formula is C14H24N4O2. The van der Waals surface area contributed by atoms with Gasteiger partial charge in [0.15, 0.2) is 0 Å². The number of nitrogen functional groups attached to an aromatic ring is 1. The van der Waals surface area contributed by atoms with Crippen molar-refractivity contribution in [3.63, 3.8) is 0 Å². The molecule has 1 heterocycles. The molecule has 20 heavy (non-hydrogen) atoms. The second kappa shape index (κ2) is 7.69. The summed E-state index contributed by atoms with van der Waals surface area (Å²) in [6.07, 6.45) is 3.47. The number of anilines is 2. The SMILES string of the molecule is CC(C)N(C)CCCCNc1ncc(N)cc1C(=O)O. The minimum Gasteiger partial charge on any atom is -0.478 e. The molecule has 1 aromatic rings. The van der Waals surface area contributed by atoms with Crippen molar-refractivity contribution in [2.45, 2.75) is 32.7 Å². The number of pyridine rings is 1. The molecule has 6 heteroatoms. The lowest BCUT2D eigenvalue weighted by Crippen LogP contribution is -2.27. The van der Waals surface area contributed by atoms with Gasteiger partial charge in [-0.2, -0.15) is 0 Å². The Morgan fingerprint density at radius 2 is 2.20 bits per heavy atom. The molecule has 4 N–H and O–H groups in total. The normalized spacial score (nSPS) is 11.1. The number of carbonyl (C=O) groups is 1. The van der Waals surface area contributed by atoms with E-state index in [9.17, 15) is 4.79 Å². The van der Waals surface area contributed by atoms with Gasteiger partial charge in [-0.05, 0) is 46.3 Å². The van der Waals surface area contributed by atoms with Gasteiger partial charge in [0.25, 0.3) is 0 Å². The molecule has 0 bridgehead atoms. The zero-order valence-electron chi connectivity index (χ0n) is 12.4. The molecule has 0 aliphatic heterocycles. The smallest absolute Gasteiger partial charge is 0.339 e. The highest BCUT2D eigenvalue weighted by atomic mass is 16.4. The number of carboxylic acids is 1. The maximum Gasteiger partial charge on any atom is 0.339 e. The van der Waals surface area contributed by atoms with Crippen LogP contribution in [-0.2, 0) is 0 Å². The summed E-state index contributed by atoms with van der Waals surface area (Å²) < 4.78 is 0. The van der Waals surface area contributed by atoms with Crippen molar-refractivity contribution in [2.24, 2.45) is 0 Å². The highest BCUT2D eigenvalue weighted by Crippen LogP contribution is 2.15. The van der Waals surface area contributed by atoms with Gasteiger partial charge in [-0.15, -0.1) is 0 Å². The Bertz CT molecular complexity index is 449. The summed E-state index contributed by atoms with van der Waals surface area (Å²) in [6.45, 7) is 6.05. The van der Waals surface area contributed by atoms with Gasteiger partial charge in [-0.1, -0.05) is 0 Å². The molecule has 0 aromatic carbocycles. The van der Waals surface area contributed by atoms with Gasteiger partial charge >= 0.3 is 5.97 Å². The fourth-order valence-electron chi connectivity index (χ4n) is 1.74. The van der Waals surface area contributed by atoms with Crippen LogP contribution in [0.4, 0.5) is 11.5 Å². The quantitative estimate of drug-likeness (QED) is 0.630. The zero-order valence-corrected chi connectivity index (χ0v) is 12.4. The molecule has 0 aliphatic rings. The first-order chi connectivity index (χ1) is 9.41. The number of nitrogens with one attached hydrogen (secondary N) is 1. The maximum absolute atomic E-state index is 11.1. The van der Waals surface area contributed by atoms with E-state index in [0.717, 1.165) is 19.4 Å². The second-order valence-corrected chi connectivity index (χ2v) is 5.18. The lowest BCUT2D eigenvalue weighted by molar-refractivity contribution is 0.0697. The number of carboxylic acid groups (broad SMARTS) is 1.